The molecule has 0 unspecified atom stereocenters. The predicted molar refractivity (Wildman–Crippen MR) is 48.5 cm³/mol. The van der Waals surface area contributed by atoms with E-state index in [-0.39, 0.29) is 5.75 Å². The predicted octanol–water partition coefficient (Wildman–Crippen LogP) is 1.97. The molecule has 0 saturated carbocycles. The fraction of sp³-hybridized carbons (Fsp3) is 0.333. The molecule has 0 saturated heterocycles. The number of halogens is 1. The molecule has 3 heteroatoms. The van der Waals surface area contributed by atoms with Crippen molar-refractivity contribution in [3.63, 3.8) is 0 Å². The largest absolute Gasteiger partial charge is 0.508 e. The summed E-state index contributed by atoms with van der Waals surface area (Å²) >= 11 is 5.63. The van der Waals surface area contributed by atoms with Gasteiger partial charge in [-0.2, -0.15) is 0 Å². The van der Waals surface area contributed by atoms with Crippen LogP contribution in [0.4, 0.5) is 0 Å². The first-order chi connectivity index (χ1) is 5.59. The van der Waals surface area contributed by atoms with Gasteiger partial charge < -0.3 is 10.2 Å². The normalized spacial score (nSPS) is 12.9. The number of benzene rings is 1. The van der Waals surface area contributed by atoms with Crippen LogP contribution in [0.15, 0.2) is 18.2 Å². The lowest BCUT2D eigenvalue weighted by Gasteiger charge is -2.06. The average Bonchev–Trinajstić information content (AvgIpc) is 1.94. The molecule has 1 aromatic rings. The van der Waals surface area contributed by atoms with Crippen molar-refractivity contribution in [2.45, 2.75) is 19.4 Å². The van der Waals surface area contributed by atoms with Crippen molar-refractivity contribution in [2.75, 3.05) is 0 Å². The zero-order valence-corrected chi connectivity index (χ0v) is 7.54. The summed E-state index contributed by atoms with van der Waals surface area (Å²) in [6.07, 6.45) is 0.000271. The van der Waals surface area contributed by atoms with Gasteiger partial charge in [0.2, 0.25) is 0 Å². The molecule has 0 spiro atoms. The summed E-state index contributed by atoms with van der Waals surface area (Å²) < 4.78 is 0. The average molecular weight is 187 g/mol. The Balaban J connectivity index is 2.86. The van der Waals surface area contributed by atoms with Gasteiger partial charge in [0.25, 0.3) is 0 Å². The molecule has 1 aromatic carbocycles. The second kappa shape index (κ2) is 3.78. The van der Waals surface area contributed by atoms with Crippen molar-refractivity contribution >= 4 is 11.6 Å². The number of aromatic hydroxyl groups is 1. The van der Waals surface area contributed by atoms with Crippen LogP contribution in [0.3, 0.4) is 0 Å². The summed E-state index contributed by atoms with van der Waals surface area (Å²) in [6.45, 7) is 1.67. The molecule has 1 atom stereocenters. The van der Waals surface area contributed by atoms with Gasteiger partial charge >= 0.3 is 0 Å². The second-order valence-electron chi connectivity index (χ2n) is 2.83. The van der Waals surface area contributed by atoms with Crippen molar-refractivity contribution in [1.82, 2.24) is 0 Å². The van der Waals surface area contributed by atoms with E-state index in [2.05, 4.69) is 0 Å². The third kappa shape index (κ3) is 2.40. The van der Waals surface area contributed by atoms with Gasteiger partial charge in [-0.25, -0.2) is 0 Å². The lowest BCUT2D eigenvalue weighted by Crippen LogP contribution is -2.03. The highest BCUT2D eigenvalue weighted by Crippen LogP contribution is 2.22. The van der Waals surface area contributed by atoms with Gasteiger partial charge in [-0.05, 0) is 24.6 Å². The van der Waals surface area contributed by atoms with Gasteiger partial charge in [-0.1, -0.05) is 17.7 Å². The molecule has 12 heavy (non-hydrogen) atoms. The topological polar surface area (TPSA) is 40.5 Å². The molecule has 0 fully saturated rings. The van der Waals surface area contributed by atoms with E-state index in [1.165, 1.54) is 6.07 Å². The molecule has 2 nitrogen and oxygen atoms in total. The summed E-state index contributed by atoms with van der Waals surface area (Å²) in [5, 5.41) is 18.9. The van der Waals surface area contributed by atoms with Gasteiger partial charge in [-0.3, -0.25) is 0 Å². The molecule has 0 aromatic heterocycles. The maximum atomic E-state index is 9.34. The highest BCUT2D eigenvalue weighted by molar-refractivity contribution is 6.30. The summed E-state index contributed by atoms with van der Waals surface area (Å²) in [7, 11) is 0. The third-order valence-electron chi connectivity index (χ3n) is 1.56. The smallest absolute Gasteiger partial charge is 0.120 e. The second-order valence-corrected chi connectivity index (χ2v) is 3.26. The van der Waals surface area contributed by atoms with Crippen molar-refractivity contribution in [3.8, 4) is 5.75 Å². The van der Waals surface area contributed by atoms with Gasteiger partial charge in [0, 0.05) is 11.4 Å². The van der Waals surface area contributed by atoms with Crippen LogP contribution in [0.2, 0.25) is 5.02 Å². The van der Waals surface area contributed by atoms with Crippen molar-refractivity contribution in [1.29, 1.82) is 0 Å². The zero-order chi connectivity index (χ0) is 9.14. The van der Waals surface area contributed by atoms with Crippen LogP contribution in [0.1, 0.15) is 12.5 Å². The lowest BCUT2D eigenvalue weighted by atomic mass is 10.1. The van der Waals surface area contributed by atoms with Gasteiger partial charge in [0.05, 0.1) is 6.10 Å². The Morgan fingerprint density at radius 2 is 2.17 bits per heavy atom. The lowest BCUT2D eigenvalue weighted by molar-refractivity contribution is 0.194. The first-order valence-electron chi connectivity index (χ1n) is 3.75. The van der Waals surface area contributed by atoms with Gasteiger partial charge in [0.1, 0.15) is 5.75 Å². The van der Waals surface area contributed by atoms with E-state index >= 15 is 0 Å². The van der Waals surface area contributed by atoms with E-state index in [4.69, 9.17) is 16.7 Å². The summed E-state index contributed by atoms with van der Waals surface area (Å²) in [6, 6.07) is 4.88. The molecule has 0 heterocycles. The van der Waals surface area contributed by atoms with Crippen LogP contribution in [-0.2, 0) is 6.42 Å². The Bertz CT molecular complexity index is 271. The van der Waals surface area contributed by atoms with Crippen LogP contribution < -0.4 is 0 Å². The Hall–Kier alpha value is -0.730. The van der Waals surface area contributed by atoms with Crippen LogP contribution in [-0.4, -0.2) is 16.3 Å². The molecule has 0 aliphatic carbocycles. The number of rotatable bonds is 2. The van der Waals surface area contributed by atoms with Gasteiger partial charge in [0.15, 0.2) is 0 Å². The van der Waals surface area contributed by atoms with Crippen LogP contribution in [0, 0.1) is 0 Å². The zero-order valence-electron chi connectivity index (χ0n) is 6.79. The summed E-state index contributed by atoms with van der Waals surface area (Å²) in [5.74, 6) is 0.142. The highest BCUT2D eigenvalue weighted by atomic mass is 35.5. The highest BCUT2D eigenvalue weighted by Gasteiger charge is 2.04. The fourth-order valence-electron chi connectivity index (χ4n) is 1.03. The molecule has 0 radical (unpaired) electrons. The minimum Gasteiger partial charge on any atom is -0.508 e. The maximum Gasteiger partial charge on any atom is 0.120 e. The Morgan fingerprint density at radius 3 is 2.67 bits per heavy atom. The minimum atomic E-state index is -0.447. The molecule has 0 aliphatic heterocycles. The number of hydrogen-bond donors (Lipinski definition) is 2. The standard InChI is InChI=1S/C9H11ClO2/c1-6(11)4-7-2-3-8(10)5-9(7)12/h2-3,5-6,11-12H,4H2,1H3/t6-/m1/s1. The van der Waals surface area contributed by atoms with Crippen molar-refractivity contribution < 1.29 is 10.2 Å². The Morgan fingerprint density at radius 1 is 1.50 bits per heavy atom. The Kier molecular flexibility index (Phi) is 2.95. The summed E-state index contributed by atoms with van der Waals surface area (Å²) in [4.78, 5) is 0. The van der Waals surface area contributed by atoms with Crippen LogP contribution in [0.25, 0.3) is 0 Å². The van der Waals surface area contributed by atoms with E-state index in [0.717, 1.165) is 5.56 Å². The monoisotopic (exact) mass is 186 g/mol. The number of aliphatic hydroxyl groups excluding tert-OH is 1. The third-order valence-corrected chi connectivity index (χ3v) is 1.80. The SMILES string of the molecule is C[C@@H](O)Cc1ccc(Cl)cc1O. The molecule has 0 bridgehead atoms. The summed E-state index contributed by atoms with van der Waals surface area (Å²) in [5.41, 5.74) is 0.717. The molecule has 0 amide bonds. The molecule has 1 rings (SSSR count). The van der Waals surface area contributed by atoms with E-state index in [9.17, 15) is 5.11 Å². The number of hydrogen-bond acceptors (Lipinski definition) is 2. The quantitative estimate of drug-likeness (QED) is 0.742. The number of aliphatic hydroxyl groups is 1. The number of phenols is 1. The van der Waals surface area contributed by atoms with Crippen molar-refractivity contribution in [3.05, 3.63) is 28.8 Å². The van der Waals surface area contributed by atoms with E-state index in [0.29, 0.717) is 11.4 Å². The molecule has 0 aliphatic rings. The minimum absolute atomic E-state index is 0.142. The van der Waals surface area contributed by atoms with E-state index < -0.39 is 6.10 Å². The maximum absolute atomic E-state index is 9.34. The molecule has 66 valence electrons. The first-order valence-corrected chi connectivity index (χ1v) is 4.13. The number of phenolic OH excluding ortho intramolecular Hbond substituents is 1. The van der Waals surface area contributed by atoms with Crippen molar-refractivity contribution in [2.24, 2.45) is 0 Å². The molecular formula is C9H11ClO2. The first kappa shape index (κ1) is 9.36. The fourth-order valence-corrected chi connectivity index (χ4v) is 1.19. The van der Waals surface area contributed by atoms with E-state index in [1.54, 1.807) is 19.1 Å². The van der Waals surface area contributed by atoms with Crippen LogP contribution in [0.5, 0.6) is 5.75 Å². The molecular weight excluding hydrogens is 176 g/mol. The Labute approximate surface area is 76.4 Å². The van der Waals surface area contributed by atoms with E-state index in [1.807, 2.05) is 0 Å². The van der Waals surface area contributed by atoms with Gasteiger partial charge in [-0.15, -0.1) is 0 Å². The van der Waals surface area contributed by atoms with Crippen LogP contribution >= 0.6 is 11.6 Å². The molecule has 2 N–H and O–H groups in total.